The first kappa shape index (κ1) is 22.6. The van der Waals surface area contributed by atoms with Crippen LogP contribution in [0.1, 0.15) is 34.8 Å². The highest BCUT2D eigenvalue weighted by Crippen LogP contribution is 2.23. The minimum Gasteiger partial charge on any atom is -0.350 e. The lowest BCUT2D eigenvalue weighted by molar-refractivity contribution is 0.0938. The average molecular weight is 437 g/mol. The Kier molecular flexibility index (Phi) is 7.13. The van der Waals surface area contributed by atoms with Gasteiger partial charge in [0.25, 0.3) is 15.9 Å². The number of amides is 1. The fourth-order valence-corrected chi connectivity index (χ4v) is 4.44. The normalized spacial score (nSPS) is 12.2. The van der Waals surface area contributed by atoms with Gasteiger partial charge in [0.05, 0.1) is 10.6 Å². The molecule has 1 amide bonds. The number of benzene rings is 3. The Bertz CT molecular complexity index is 1130. The van der Waals surface area contributed by atoms with Crippen LogP contribution >= 0.6 is 0 Å². The second-order valence-corrected chi connectivity index (χ2v) is 9.70. The van der Waals surface area contributed by atoms with Crippen LogP contribution < -0.4 is 9.62 Å². The average Bonchev–Trinajstić information content (AvgIpc) is 2.78. The molecule has 0 saturated carbocycles. The molecule has 31 heavy (non-hydrogen) atoms. The van der Waals surface area contributed by atoms with Crippen LogP contribution in [-0.4, -0.2) is 27.4 Å². The van der Waals surface area contributed by atoms with Crippen LogP contribution in [0, 0.1) is 6.92 Å². The molecule has 0 heterocycles. The monoisotopic (exact) mass is 436 g/mol. The van der Waals surface area contributed by atoms with Gasteiger partial charge >= 0.3 is 0 Å². The van der Waals surface area contributed by atoms with E-state index >= 15 is 0 Å². The van der Waals surface area contributed by atoms with E-state index in [1.807, 2.05) is 32.0 Å². The number of hydrogen-bond donors (Lipinski definition) is 1. The maximum atomic E-state index is 12.9. The van der Waals surface area contributed by atoms with Crippen molar-refractivity contribution in [2.45, 2.75) is 37.6 Å². The van der Waals surface area contributed by atoms with E-state index in [0.717, 1.165) is 18.4 Å². The summed E-state index contributed by atoms with van der Waals surface area (Å²) < 4.78 is 27.1. The van der Waals surface area contributed by atoms with E-state index < -0.39 is 10.0 Å². The van der Waals surface area contributed by atoms with Crippen LogP contribution in [0.4, 0.5) is 5.69 Å². The van der Waals surface area contributed by atoms with E-state index in [1.54, 1.807) is 48.5 Å². The van der Waals surface area contributed by atoms with E-state index in [1.165, 1.54) is 16.9 Å². The number of hydrogen-bond acceptors (Lipinski definition) is 3. The second-order valence-electron chi connectivity index (χ2n) is 7.73. The van der Waals surface area contributed by atoms with Crippen LogP contribution in [0.2, 0.25) is 0 Å². The Morgan fingerprint density at radius 2 is 1.65 bits per heavy atom. The quantitative estimate of drug-likeness (QED) is 0.562. The molecular weight excluding hydrogens is 408 g/mol. The summed E-state index contributed by atoms with van der Waals surface area (Å²) in [6, 6.07) is 23.5. The summed E-state index contributed by atoms with van der Waals surface area (Å²) >= 11 is 0. The number of carbonyl (C=O) groups excluding carboxylic acids is 1. The molecule has 0 spiro atoms. The minimum atomic E-state index is -3.71. The van der Waals surface area contributed by atoms with Crippen LogP contribution in [-0.2, 0) is 16.4 Å². The van der Waals surface area contributed by atoms with Gasteiger partial charge in [-0.25, -0.2) is 8.42 Å². The summed E-state index contributed by atoms with van der Waals surface area (Å²) in [5.41, 5.74) is 3.08. The third-order valence-electron chi connectivity index (χ3n) is 5.24. The van der Waals surface area contributed by atoms with E-state index in [0.29, 0.717) is 11.3 Å². The van der Waals surface area contributed by atoms with Crippen molar-refractivity contribution in [2.24, 2.45) is 0 Å². The first-order chi connectivity index (χ1) is 14.8. The van der Waals surface area contributed by atoms with Crippen molar-refractivity contribution in [3.8, 4) is 0 Å². The van der Waals surface area contributed by atoms with Gasteiger partial charge in [-0.2, -0.15) is 0 Å². The molecule has 3 rings (SSSR count). The van der Waals surface area contributed by atoms with Crippen molar-refractivity contribution in [1.82, 2.24) is 5.32 Å². The number of nitrogens with one attached hydrogen (secondary N) is 1. The highest BCUT2D eigenvalue weighted by molar-refractivity contribution is 7.92. The van der Waals surface area contributed by atoms with E-state index in [-0.39, 0.29) is 16.8 Å². The molecule has 0 aromatic heterocycles. The maximum Gasteiger partial charge on any atom is 0.264 e. The zero-order chi connectivity index (χ0) is 22.4. The third-order valence-corrected chi connectivity index (χ3v) is 7.04. The summed E-state index contributed by atoms with van der Waals surface area (Å²) in [7, 11) is -2.22. The fourth-order valence-electron chi connectivity index (χ4n) is 3.26. The number of rotatable bonds is 8. The standard InChI is InChI=1S/C25H28N2O3S/c1-19-12-16-24(17-13-19)31(29,30)27(3)23-11-7-10-22(18-23)25(28)26-20(2)14-15-21-8-5-4-6-9-21/h4-13,16-18,20H,14-15H2,1-3H3,(H,26,28)/t20-/m0/s1. The Hall–Kier alpha value is -3.12. The van der Waals surface area contributed by atoms with Crippen molar-refractivity contribution in [3.05, 3.63) is 95.6 Å². The van der Waals surface area contributed by atoms with Gasteiger partial charge in [0.1, 0.15) is 0 Å². The van der Waals surface area contributed by atoms with Gasteiger partial charge in [0, 0.05) is 18.7 Å². The smallest absolute Gasteiger partial charge is 0.264 e. The molecule has 1 N–H and O–H groups in total. The topological polar surface area (TPSA) is 66.5 Å². The Morgan fingerprint density at radius 1 is 0.968 bits per heavy atom. The predicted molar refractivity (Wildman–Crippen MR) is 125 cm³/mol. The zero-order valence-electron chi connectivity index (χ0n) is 18.1. The molecule has 0 aliphatic carbocycles. The van der Waals surface area contributed by atoms with Crippen molar-refractivity contribution in [1.29, 1.82) is 0 Å². The first-order valence-corrected chi connectivity index (χ1v) is 11.7. The second kappa shape index (κ2) is 9.79. The molecule has 0 fully saturated rings. The van der Waals surface area contributed by atoms with Crippen molar-refractivity contribution < 1.29 is 13.2 Å². The highest BCUT2D eigenvalue weighted by atomic mass is 32.2. The van der Waals surface area contributed by atoms with Gasteiger partial charge in [-0.3, -0.25) is 9.10 Å². The van der Waals surface area contributed by atoms with Gasteiger partial charge in [-0.05, 0) is 62.6 Å². The molecule has 0 aliphatic rings. The minimum absolute atomic E-state index is 0.00890. The van der Waals surface area contributed by atoms with E-state index in [4.69, 9.17) is 0 Å². The first-order valence-electron chi connectivity index (χ1n) is 10.3. The molecule has 0 radical (unpaired) electrons. The number of sulfonamides is 1. The van der Waals surface area contributed by atoms with Crippen LogP contribution in [0.5, 0.6) is 0 Å². The van der Waals surface area contributed by atoms with Crippen molar-refractivity contribution in [3.63, 3.8) is 0 Å². The number of anilines is 1. The fraction of sp³-hybridized carbons (Fsp3) is 0.240. The maximum absolute atomic E-state index is 12.9. The number of carbonyl (C=O) groups is 1. The summed E-state index contributed by atoms with van der Waals surface area (Å²) in [6.07, 6.45) is 1.69. The Balaban J connectivity index is 1.68. The largest absolute Gasteiger partial charge is 0.350 e. The molecule has 0 aliphatic heterocycles. The summed E-state index contributed by atoms with van der Waals surface area (Å²) in [6.45, 7) is 3.88. The molecule has 0 unspecified atom stereocenters. The summed E-state index contributed by atoms with van der Waals surface area (Å²) in [4.78, 5) is 12.9. The van der Waals surface area contributed by atoms with Crippen LogP contribution in [0.3, 0.4) is 0 Å². The van der Waals surface area contributed by atoms with Gasteiger partial charge in [0.2, 0.25) is 0 Å². The third kappa shape index (κ3) is 5.73. The molecule has 5 nitrogen and oxygen atoms in total. The molecule has 3 aromatic carbocycles. The Morgan fingerprint density at radius 3 is 2.32 bits per heavy atom. The lowest BCUT2D eigenvalue weighted by Crippen LogP contribution is -2.33. The van der Waals surface area contributed by atoms with E-state index in [2.05, 4.69) is 17.4 Å². The van der Waals surface area contributed by atoms with E-state index in [9.17, 15) is 13.2 Å². The van der Waals surface area contributed by atoms with Gasteiger partial charge in [0.15, 0.2) is 0 Å². The molecular formula is C25H28N2O3S. The molecule has 162 valence electrons. The molecule has 0 saturated heterocycles. The van der Waals surface area contributed by atoms with Gasteiger partial charge in [-0.1, -0.05) is 54.1 Å². The van der Waals surface area contributed by atoms with Crippen molar-refractivity contribution in [2.75, 3.05) is 11.4 Å². The summed E-state index contributed by atoms with van der Waals surface area (Å²) in [5, 5.41) is 3.00. The van der Waals surface area contributed by atoms with Crippen LogP contribution in [0.15, 0.2) is 83.8 Å². The SMILES string of the molecule is Cc1ccc(S(=O)(=O)N(C)c2cccc(C(=O)N[C@@H](C)CCc3ccccc3)c2)cc1. The van der Waals surface area contributed by atoms with Gasteiger partial charge in [-0.15, -0.1) is 0 Å². The zero-order valence-corrected chi connectivity index (χ0v) is 18.9. The summed E-state index contributed by atoms with van der Waals surface area (Å²) in [5.74, 6) is -0.219. The molecule has 6 heteroatoms. The lowest BCUT2D eigenvalue weighted by Gasteiger charge is -2.20. The molecule has 0 bridgehead atoms. The lowest BCUT2D eigenvalue weighted by atomic mass is 10.1. The van der Waals surface area contributed by atoms with Crippen molar-refractivity contribution >= 4 is 21.6 Å². The Labute approximate surface area is 184 Å². The highest BCUT2D eigenvalue weighted by Gasteiger charge is 2.22. The van der Waals surface area contributed by atoms with Crippen LogP contribution in [0.25, 0.3) is 0 Å². The number of nitrogens with zero attached hydrogens (tertiary/aromatic N) is 1. The molecule has 1 atom stereocenters. The number of aryl methyl sites for hydroxylation is 2. The van der Waals surface area contributed by atoms with Gasteiger partial charge < -0.3 is 5.32 Å². The predicted octanol–water partition coefficient (Wildman–Crippen LogP) is 4.57. The molecule has 3 aromatic rings.